The molecule has 1 aliphatic rings. The Kier molecular flexibility index (Phi) is 8.70. The lowest BCUT2D eigenvalue weighted by Gasteiger charge is -2.19. The topological polar surface area (TPSA) is 91.7 Å². The SMILES string of the molecule is CCOc1ccc(N2C(=O)C(Cc3cccc(C(F)(F)F)c3)S/C2=C(/C#N)C(=O)Nc2ccccc2OC)cc1. The average molecular weight is 568 g/mol. The van der Waals surface area contributed by atoms with Gasteiger partial charge in [-0.3, -0.25) is 14.5 Å². The Balaban J connectivity index is 1.73. The van der Waals surface area contributed by atoms with Crippen molar-refractivity contribution >= 4 is 35.0 Å². The van der Waals surface area contributed by atoms with Crippen molar-refractivity contribution in [3.63, 3.8) is 0 Å². The van der Waals surface area contributed by atoms with Gasteiger partial charge in [0, 0.05) is 5.69 Å². The van der Waals surface area contributed by atoms with Crippen LogP contribution in [0.2, 0.25) is 0 Å². The molecule has 3 aromatic rings. The fraction of sp³-hybridized carbons (Fsp3) is 0.207. The first kappa shape index (κ1) is 28.6. The molecule has 2 amide bonds. The van der Waals surface area contributed by atoms with Gasteiger partial charge in [0.1, 0.15) is 28.2 Å². The van der Waals surface area contributed by atoms with E-state index in [1.54, 1.807) is 48.5 Å². The molecule has 1 atom stereocenters. The van der Waals surface area contributed by atoms with Crippen molar-refractivity contribution in [3.05, 3.63) is 94.5 Å². The number of nitrogens with one attached hydrogen (secondary N) is 1. The third-order valence-electron chi connectivity index (χ3n) is 5.94. The average Bonchev–Trinajstić information content (AvgIpc) is 3.24. The number of nitriles is 1. The zero-order chi connectivity index (χ0) is 28.9. The van der Waals surface area contributed by atoms with E-state index in [1.165, 1.54) is 24.1 Å². The number of halogens is 3. The van der Waals surface area contributed by atoms with E-state index in [9.17, 15) is 28.0 Å². The molecule has 206 valence electrons. The predicted molar refractivity (Wildman–Crippen MR) is 146 cm³/mol. The second-order valence-electron chi connectivity index (χ2n) is 8.56. The van der Waals surface area contributed by atoms with Gasteiger partial charge in [0.2, 0.25) is 5.91 Å². The molecule has 0 aliphatic carbocycles. The number of rotatable bonds is 8. The maximum absolute atomic E-state index is 13.7. The molecular weight excluding hydrogens is 543 g/mol. The second kappa shape index (κ2) is 12.2. The number of thioether (sulfide) groups is 1. The van der Waals surface area contributed by atoms with Crippen LogP contribution in [0.15, 0.2) is 83.4 Å². The lowest BCUT2D eigenvalue weighted by atomic mass is 10.1. The molecule has 0 saturated carbocycles. The van der Waals surface area contributed by atoms with Crippen LogP contribution in [0, 0.1) is 11.3 Å². The summed E-state index contributed by atoms with van der Waals surface area (Å²) >= 11 is 0.955. The number of methoxy groups -OCH3 is 1. The Hall–Kier alpha value is -4.43. The van der Waals surface area contributed by atoms with Gasteiger partial charge >= 0.3 is 6.18 Å². The maximum atomic E-state index is 13.7. The lowest BCUT2D eigenvalue weighted by molar-refractivity contribution is -0.137. The number of anilines is 2. The molecular formula is C29H24F3N3O4S. The summed E-state index contributed by atoms with van der Waals surface area (Å²) in [6, 6.07) is 19.8. The maximum Gasteiger partial charge on any atom is 0.416 e. The standard InChI is InChI=1S/C29H24F3N3O4S/c1-3-39-21-13-11-20(12-14-21)35-27(37)25(16-18-7-6-8-19(15-18)29(30,31)32)40-28(35)22(17-33)26(36)34-23-9-4-5-10-24(23)38-2/h4-15,25H,3,16H2,1-2H3,(H,34,36)/b28-22-. The second-order valence-corrected chi connectivity index (χ2v) is 9.75. The number of nitrogens with zero attached hydrogens (tertiary/aromatic N) is 2. The summed E-state index contributed by atoms with van der Waals surface area (Å²) in [5.74, 6) is -0.303. The number of alkyl halides is 3. The van der Waals surface area contributed by atoms with Gasteiger partial charge in [-0.1, -0.05) is 42.1 Å². The van der Waals surface area contributed by atoms with Gasteiger partial charge in [-0.05, 0) is 61.4 Å². The Morgan fingerprint density at radius 3 is 2.48 bits per heavy atom. The van der Waals surface area contributed by atoms with Gasteiger partial charge in [0.15, 0.2) is 0 Å². The van der Waals surface area contributed by atoms with E-state index in [0.717, 1.165) is 23.9 Å². The molecule has 40 heavy (non-hydrogen) atoms. The third kappa shape index (κ3) is 6.24. The first-order valence-corrected chi connectivity index (χ1v) is 13.0. The summed E-state index contributed by atoms with van der Waals surface area (Å²) < 4.78 is 50.6. The minimum Gasteiger partial charge on any atom is -0.495 e. The molecule has 1 unspecified atom stereocenters. The van der Waals surface area contributed by atoms with Crippen LogP contribution >= 0.6 is 11.8 Å². The fourth-order valence-corrected chi connectivity index (χ4v) is 5.41. The first-order chi connectivity index (χ1) is 19.2. The van der Waals surface area contributed by atoms with Crippen LogP contribution in [0.3, 0.4) is 0 Å². The molecule has 0 aromatic heterocycles. The third-order valence-corrected chi connectivity index (χ3v) is 7.20. The largest absolute Gasteiger partial charge is 0.495 e. The summed E-state index contributed by atoms with van der Waals surface area (Å²) in [5, 5.41) is 11.9. The highest BCUT2D eigenvalue weighted by atomic mass is 32.2. The van der Waals surface area contributed by atoms with E-state index in [4.69, 9.17) is 9.47 Å². The highest BCUT2D eigenvalue weighted by molar-refractivity contribution is 8.05. The molecule has 3 aromatic carbocycles. The molecule has 0 spiro atoms. The summed E-state index contributed by atoms with van der Waals surface area (Å²) in [7, 11) is 1.44. The number of benzene rings is 3. The van der Waals surface area contributed by atoms with Crippen LogP contribution in [0.1, 0.15) is 18.1 Å². The Morgan fingerprint density at radius 1 is 1.10 bits per heavy atom. The normalized spacial score (nSPS) is 16.4. The Bertz CT molecular complexity index is 1480. The van der Waals surface area contributed by atoms with Gasteiger partial charge in [0.25, 0.3) is 5.91 Å². The van der Waals surface area contributed by atoms with Crippen molar-refractivity contribution in [2.45, 2.75) is 24.8 Å². The zero-order valence-electron chi connectivity index (χ0n) is 21.5. The van der Waals surface area contributed by atoms with Crippen LogP contribution in [-0.2, 0) is 22.2 Å². The highest BCUT2D eigenvalue weighted by Crippen LogP contribution is 2.43. The van der Waals surface area contributed by atoms with E-state index >= 15 is 0 Å². The molecule has 1 fully saturated rings. The zero-order valence-corrected chi connectivity index (χ0v) is 22.3. The molecule has 0 radical (unpaired) electrons. The van der Waals surface area contributed by atoms with E-state index in [-0.39, 0.29) is 17.0 Å². The smallest absolute Gasteiger partial charge is 0.416 e. The number of carbonyl (C=O) groups is 2. The summed E-state index contributed by atoms with van der Waals surface area (Å²) in [6.07, 6.45) is -4.58. The van der Waals surface area contributed by atoms with Crippen LogP contribution < -0.4 is 19.7 Å². The van der Waals surface area contributed by atoms with E-state index in [1.807, 2.05) is 13.0 Å². The summed E-state index contributed by atoms with van der Waals surface area (Å²) in [4.78, 5) is 28.2. The number of carbonyl (C=O) groups excluding carboxylic acids is 2. The number of hydrogen-bond donors (Lipinski definition) is 1. The van der Waals surface area contributed by atoms with Crippen molar-refractivity contribution in [3.8, 4) is 17.6 Å². The molecule has 1 aliphatic heterocycles. The minimum atomic E-state index is -4.53. The molecule has 1 heterocycles. The Morgan fingerprint density at radius 2 is 1.82 bits per heavy atom. The van der Waals surface area contributed by atoms with Crippen LogP contribution in [0.25, 0.3) is 0 Å². The summed E-state index contributed by atoms with van der Waals surface area (Å²) in [6.45, 7) is 2.26. The fourth-order valence-electron chi connectivity index (χ4n) is 4.10. The quantitative estimate of drug-likeness (QED) is 0.258. The molecule has 11 heteroatoms. The van der Waals surface area contributed by atoms with Gasteiger partial charge in [-0.25, -0.2) is 0 Å². The number of amides is 2. The van der Waals surface area contributed by atoms with Crippen molar-refractivity contribution in [1.29, 1.82) is 5.26 Å². The minimum absolute atomic E-state index is 0.0444. The predicted octanol–water partition coefficient (Wildman–Crippen LogP) is 6.18. The molecule has 1 saturated heterocycles. The molecule has 4 rings (SSSR count). The van der Waals surface area contributed by atoms with Gasteiger partial charge in [-0.2, -0.15) is 18.4 Å². The van der Waals surface area contributed by atoms with Crippen LogP contribution in [-0.4, -0.2) is 30.8 Å². The number of para-hydroxylation sites is 2. The Labute approximate surface area is 233 Å². The van der Waals surface area contributed by atoms with Crippen molar-refractivity contribution in [2.75, 3.05) is 23.9 Å². The monoisotopic (exact) mass is 567 g/mol. The molecule has 0 bridgehead atoms. The van der Waals surface area contributed by atoms with Crippen LogP contribution in [0.4, 0.5) is 24.5 Å². The van der Waals surface area contributed by atoms with E-state index in [2.05, 4.69) is 5.32 Å². The summed E-state index contributed by atoms with van der Waals surface area (Å²) in [5.41, 5.74) is -0.158. The first-order valence-electron chi connectivity index (χ1n) is 12.1. The number of hydrogen-bond acceptors (Lipinski definition) is 6. The number of ether oxygens (including phenoxy) is 2. The molecule has 7 nitrogen and oxygen atoms in total. The van der Waals surface area contributed by atoms with Crippen molar-refractivity contribution < 1.29 is 32.2 Å². The van der Waals surface area contributed by atoms with Gasteiger partial charge in [0.05, 0.1) is 30.2 Å². The molecule has 1 N–H and O–H groups in total. The van der Waals surface area contributed by atoms with Crippen LogP contribution in [0.5, 0.6) is 11.5 Å². The van der Waals surface area contributed by atoms with Crippen molar-refractivity contribution in [1.82, 2.24) is 0 Å². The van der Waals surface area contributed by atoms with Crippen molar-refractivity contribution in [2.24, 2.45) is 0 Å². The van der Waals surface area contributed by atoms with E-state index in [0.29, 0.717) is 35.0 Å². The van der Waals surface area contributed by atoms with Gasteiger partial charge < -0.3 is 14.8 Å². The van der Waals surface area contributed by atoms with E-state index < -0.39 is 28.8 Å². The highest BCUT2D eigenvalue weighted by Gasteiger charge is 2.41. The lowest BCUT2D eigenvalue weighted by Crippen LogP contribution is -2.31. The van der Waals surface area contributed by atoms with Gasteiger partial charge in [-0.15, -0.1) is 0 Å².